The van der Waals surface area contributed by atoms with Gasteiger partial charge < -0.3 is 15.4 Å². The number of nitrogens with zero attached hydrogens (tertiary/aromatic N) is 3. The van der Waals surface area contributed by atoms with Crippen LogP contribution in [0.1, 0.15) is 19.8 Å². The summed E-state index contributed by atoms with van der Waals surface area (Å²) in [6.45, 7) is 3.26. The zero-order valence-corrected chi connectivity index (χ0v) is 12.4. The average Bonchev–Trinajstić information content (AvgIpc) is 2.41. The van der Waals surface area contributed by atoms with E-state index >= 15 is 0 Å². The summed E-state index contributed by atoms with van der Waals surface area (Å²) in [7, 11) is 0.971. The first kappa shape index (κ1) is 15.6. The van der Waals surface area contributed by atoms with E-state index in [2.05, 4.69) is 25.6 Å². The third-order valence-electron chi connectivity index (χ3n) is 2.17. The first-order chi connectivity index (χ1) is 9.15. The topological polar surface area (TPSA) is 89.0 Å². The van der Waals surface area contributed by atoms with E-state index in [1.54, 1.807) is 13.3 Å². The summed E-state index contributed by atoms with van der Waals surface area (Å²) >= 11 is 0. The highest BCUT2D eigenvalue weighted by molar-refractivity contribution is 7.84. The molecule has 0 saturated carbocycles. The molecule has 8 heteroatoms. The van der Waals surface area contributed by atoms with Crippen LogP contribution in [-0.2, 0) is 10.8 Å². The molecular formula is C11H21N5O2S. The molecule has 1 heterocycles. The first-order valence-electron chi connectivity index (χ1n) is 6.26. The Morgan fingerprint density at radius 2 is 2.00 bits per heavy atom. The van der Waals surface area contributed by atoms with Crippen molar-refractivity contribution in [2.75, 3.05) is 42.8 Å². The van der Waals surface area contributed by atoms with Gasteiger partial charge in [0.05, 0.1) is 6.61 Å². The SMILES string of the molecule is CCCOc1nc(NC)nc(NCCCS(C)=O)n1. The number of hydrogen-bond donors (Lipinski definition) is 2. The maximum atomic E-state index is 10.9. The molecule has 0 spiro atoms. The zero-order valence-electron chi connectivity index (χ0n) is 11.6. The fourth-order valence-corrected chi connectivity index (χ4v) is 1.83. The molecule has 1 atom stereocenters. The van der Waals surface area contributed by atoms with Crippen molar-refractivity contribution in [1.82, 2.24) is 15.0 Å². The summed E-state index contributed by atoms with van der Waals surface area (Å²) in [6.07, 6.45) is 3.39. The summed E-state index contributed by atoms with van der Waals surface area (Å²) in [6, 6.07) is 0.308. The Morgan fingerprint density at radius 1 is 1.26 bits per heavy atom. The Labute approximate surface area is 116 Å². The molecule has 0 saturated heterocycles. The lowest BCUT2D eigenvalue weighted by atomic mass is 10.5. The smallest absolute Gasteiger partial charge is 0.323 e. The Hall–Kier alpha value is -1.44. The van der Waals surface area contributed by atoms with Crippen molar-refractivity contribution in [3.63, 3.8) is 0 Å². The third-order valence-corrected chi connectivity index (χ3v) is 3.03. The van der Waals surface area contributed by atoms with Crippen molar-refractivity contribution < 1.29 is 8.95 Å². The molecule has 0 aromatic carbocycles. The second-order valence-electron chi connectivity index (χ2n) is 3.92. The van der Waals surface area contributed by atoms with Gasteiger partial charge in [-0.3, -0.25) is 4.21 Å². The minimum Gasteiger partial charge on any atom is -0.463 e. The lowest BCUT2D eigenvalue weighted by Crippen LogP contribution is -2.12. The Bertz CT molecular complexity index is 416. The summed E-state index contributed by atoms with van der Waals surface area (Å²) in [5.41, 5.74) is 0. The fourth-order valence-electron chi connectivity index (χ4n) is 1.28. The van der Waals surface area contributed by atoms with Crippen LogP contribution in [0.4, 0.5) is 11.9 Å². The lowest BCUT2D eigenvalue weighted by Gasteiger charge is -2.08. The second kappa shape index (κ2) is 8.63. The van der Waals surface area contributed by atoms with Gasteiger partial charge in [0.2, 0.25) is 11.9 Å². The quantitative estimate of drug-likeness (QED) is 0.652. The molecule has 19 heavy (non-hydrogen) atoms. The maximum Gasteiger partial charge on any atom is 0.323 e. The van der Waals surface area contributed by atoms with Gasteiger partial charge in [-0.25, -0.2) is 0 Å². The summed E-state index contributed by atoms with van der Waals surface area (Å²) < 4.78 is 16.3. The van der Waals surface area contributed by atoms with Gasteiger partial charge in [-0.1, -0.05) is 6.92 Å². The second-order valence-corrected chi connectivity index (χ2v) is 5.48. The summed E-state index contributed by atoms with van der Waals surface area (Å²) in [5, 5.41) is 5.94. The minimum absolute atomic E-state index is 0.308. The maximum absolute atomic E-state index is 10.9. The highest BCUT2D eigenvalue weighted by atomic mass is 32.2. The zero-order chi connectivity index (χ0) is 14.1. The van der Waals surface area contributed by atoms with Gasteiger partial charge in [0.25, 0.3) is 0 Å². The number of anilines is 2. The van der Waals surface area contributed by atoms with Crippen molar-refractivity contribution in [3.05, 3.63) is 0 Å². The van der Waals surface area contributed by atoms with Crippen LogP contribution in [-0.4, -0.2) is 51.4 Å². The van der Waals surface area contributed by atoms with Gasteiger partial charge in [0, 0.05) is 36.4 Å². The van der Waals surface area contributed by atoms with E-state index in [1.807, 2.05) is 6.92 Å². The lowest BCUT2D eigenvalue weighted by molar-refractivity contribution is 0.292. The van der Waals surface area contributed by atoms with E-state index in [0.717, 1.165) is 12.8 Å². The van der Waals surface area contributed by atoms with Gasteiger partial charge in [0.15, 0.2) is 0 Å². The van der Waals surface area contributed by atoms with Crippen LogP contribution in [0.5, 0.6) is 6.01 Å². The molecule has 7 nitrogen and oxygen atoms in total. The van der Waals surface area contributed by atoms with Crippen molar-refractivity contribution >= 4 is 22.7 Å². The first-order valence-corrected chi connectivity index (χ1v) is 7.99. The Balaban J connectivity index is 2.57. The van der Waals surface area contributed by atoms with E-state index in [9.17, 15) is 4.21 Å². The molecule has 1 rings (SSSR count). The molecule has 0 aliphatic carbocycles. The number of aromatic nitrogens is 3. The molecule has 1 unspecified atom stereocenters. The van der Waals surface area contributed by atoms with Gasteiger partial charge >= 0.3 is 6.01 Å². The minimum atomic E-state index is -0.768. The standard InChI is InChI=1S/C11H21N5O2S/c1-4-7-18-11-15-9(12-2)14-10(16-11)13-6-5-8-19(3)17/h4-8H2,1-3H3,(H2,12,13,14,15,16). The number of ether oxygens (including phenoxy) is 1. The number of rotatable bonds is 9. The van der Waals surface area contributed by atoms with E-state index < -0.39 is 10.8 Å². The fraction of sp³-hybridized carbons (Fsp3) is 0.727. The van der Waals surface area contributed by atoms with Crippen molar-refractivity contribution in [2.24, 2.45) is 0 Å². The normalized spacial score (nSPS) is 11.9. The Morgan fingerprint density at radius 3 is 2.63 bits per heavy atom. The van der Waals surface area contributed by atoms with E-state index in [-0.39, 0.29) is 0 Å². The van der Waals surface area contributed by atoms with Crippen molar-refractivity contribution in [3.8, 4) is 6.01 Å². The Kier molecular flexibility index (Phi) is 7.09. The predicted octanol–water partition coefficient (Wildman–Crippen LogP) is 0.883. The van der Waals surface area contributed by atoms with Gasteiger partial charge in [0.1, 0.15) is 0 Å². The molecule has 0 bridgehead atoms. The van der Waals surface area contributed by atoms with Crippen LogP contribution in [0.25, 0.3) is 0 Å². The van der Waals surface area contributed by atoms with Crippen LogP contribution in [0.3, 0.4) is 0 Å². The molecule has 0 aliphatic rings. The van der Waals surface area contributed by atoms with Crippen LogP contribution >= 0.6 is 0 Å². The van der Waals surface area contributed by atoms with E-state index in [0.29, 0.717) is 36.8 Å². The largest absolute Gasteiger partial charge is 0.463 e. The van der Waals surface area contributed by atoms with Crippen molar-refractivity contribution in [2.45, 2.75) is 19.8 Å². The molecule has 0 amide bonds. The van der Waals surface area contributed by atoms with Gasteiger partial charge in [-0.15, -0.1) is 0 Å². The van der Waals surface area contributed by atoms with Gasteiger partial charge in [-0.2, -0.15) is 15.0 Å². The molecule has 0 radical (unpaired) electrons. The summed E-state index contributed by atoms with van der Waals surface area (Å²) in [5.74, 6) is 1.59. The van der Waals surface area contributed by atoms with Crippen LogP contribution < -0.4 is 15.4 Å². The monoisotopic (exact) mass is 287 g/mol. The molecule has 0 aliphatic heterocycles. The predicted molar refractivity (Wildman–Crippen MR) is 77.2 cm³/mol. The highest BCUT2D eigenvalue weighted by Gasteiger charge is 2.06. The number of hydrogen-bond acceptors (Lipinski definition) is 7. The van der Waals surface area contributed by atoms with Gasteiger partial charge in [-0.05, 0) is 12.8 Å². The molecule has 108 valence electrons. The third kappa shape index (κ3) is 6.32. The molecule has 2 N–H and O–H groups in total. The van der Waals surface area contributed by atoms with Crippen LogP contribution in [0, 0.1) is 0 Å². The molecule has 1 aromatic heterocycles. The average molecular weight is 287 g/mol. The highest BCUT2D eigenvalue weighted by Crippen LogP contribution is 2.10. The van der Waals surface area contributed by atoms with E-state index in [4.69, 9.17) is 4.74 Å². The summed E-state index contributed by atoms with van der Waals surface area (Å²) in [4.78, 5) is 12.4. The molecule has 1 aromatic rings. The molecular weight excluding hydrogens is 266 g/mol. The van der Waals surface area contributed by atoms with Crippen LogP contribution in [0.2, 0.25) is 0 Å². The number of nitrogens with one attached hydrogen (secondary N) is 2. The van der Waals surface area contributed by atoms with Crippen molar-refractivity contribution in [1.29, 1.82) is 0 Å². The van der Waals surface area contributed by atoms with Crippen LogP contribution in [0.15, 0.2) is 0 Å². The van der Waals surface area contributed by atoms with E-state index in [1.165, 1.54) is 0 Å². The molecule has 0 fully saturated rings.